The van der Waals surface area contributed by atoms with Crippen molar-refractivity contribution < 1.29 is 27.6 Å². The number of benzene rings is 1. The summed E-state index contributed by atoms with van der Waals surface area (Å²) in [6.07, 6.45) is 6.65. The van der Waals surface area contributed by atoms with Crippen molar-refractivity contribution in [2.24, 2.45) is 0 Å². The third-order valence-corrected chi connectivity index (χ3v) is 11.2. The molecule has 0 spiro atoms. The molecule has 12 heteroatoms. The number of aromatic nitrogens is 1. The van der Waals surface area contributed by atoms with Crippen LogP contribution < -0.4 is 16.1 Å². The predicted molar refractivity (Wildman–Crippen MR) is 153 cm³/mol. The molecule has 10 nitrogen and oxygen atoms in total. The number of anilines is 2. The fourth-order valence-electron chi connectivity index (χ4n) is 5.06. The van der Waals surface area contributed by atoms with Crippen LogP contribution in [0.15, 0.2) is 60.9 Å². The lowest BCUT2D eigenvalue weighted by Crippen LogP contribution is -2.45. The van der Waals surface area contributed by atoms with Gasteiger partial charge in [-0.2, -0.15) is 0 Å². The van der Waals surface area contributed by atoms with Gasteiger partial charge in [-0.05, 0) is 67.6 Å². The van der Waals surface area contributed by atoms with Gasteiger partial charge in [-0.15, -0.1) is 11.3 Å². The Labute approximate surface area is 237 Å². The molecule has 2 aromatic heterocycles. The average molecular weight is 585 g/mol. The summed E-state index contributed by atoms with van der Waals surface area (Å²) in [6.45, 7) is 0.572. The Morgan fingerprint density at radius 2 is 1.90 bits per heavy atom. The zero-order chi connectivity index (χ0) is 28.0. The first-order valence-corrected chi connectivity index (χ1v) is 15.8. The first kappa shape index (κ1) is 28.2. The van der Waals surface area contributed by atoms with Crippen LogP contribution in [-0.2, 0) is 29.0 Å². The van der Waals surface area contributed by atoms with E-state index in [9.17, 15) is 18.0 Å². The number of carbonyl (C=O) groups is 2. The Kier molecular flexibility index (Phi) is 8.79. The van der Waals surface area contributed by atoms with Crippen molar-refractivity contribution in [1.82, 2.24) is 10.5 Å². The Morgan fingerprint density at radius 1 is 1.05 bits per heavy atom. The summed E-state index contributed by atoms with van der Waals surface area (Å²) in [7, 11) is -3.61. The highest BCUT2D eigenvalue weighted by molar-refractivity contribution is 7.92. The van der Waals surface area contributed by atoms with Gasteiger partial charge in [0.1, 0.15) is 4.75 Å². The molecule has 40 heavy (non-hydrogen) atoms. The molecular weight excluding hydrogens is 552 g/mol. The molecule has 3 amide bonds. The van der Waals surface area contributed by atoms with Gasteiger partial charge in [0.05, 0.1) is 24.1 Å². The second-order valence-corrected chi connectivity index (χ2v) is 13.5. The molecule has 5 rings (SSSR count). The predicted octanol–water partition coefficient (Wildman–Crippen LogP) is 5.21. The third-order valence-electron chi connectivity index (χ3n) is 7.11. The van der Waals surface area contributed by atoms with Crippen LogP contribution in [0, 0.1) is 0 Å². The number of thiophene rings is 1. The molecule has 1 unspecified atom stereocenters. The summed E-state index contributed by atoms with van der Waals surface area (Å²) < 4.78 is 31.2. The van der Waals surface area contributed by atoms with Crippen LogP contribution >= 0.6 is 11.3 Å². The second kappa shape index (κ2) is 12.5. The van der Waals surface area contributed by atoms with E-state index in [2.05, 4.69) is 21.1 Å². The normalized spacial score (nSPS) is 22.2. The van der Waals surface area contributed by atoms with E-state index in [1.165, 1.54) is 11.3 Å². The SMILES string of the molecule is O=C(C[C@]1(c2ccc(-c3cccc(NC(=O)Nc4cccnc4)c3)s2)CCCCS1(=O)=O)NOC1CCCCO1. The molecule has 2 fully saturated rings. The van der Waals surface area contributed by atoms with E-state index in [0.717, 1.165) is 23.3 Å². The van der Waals surface area contributed by atoms with Gasteiger partial charge in [0.15, 0.2) is 16.1 Å². The topological polar surface area (TPSA) is 136 Å². The number of hydroxylamine groups is 1. The molecule has 2 aliphatic rings. The number of rotatable bonds is 8. The van der Waals surface area contributed by atoms with Crippen LogP contribution in [0.3, 0.4) is 0 Å². The Bertz CT molecular complexity index is 1440. The van der Waals surface area contributed by atoms with Gasteiger partial charge >= 0.3 is 6.03 Å². The maximum Gasteiger partial charge on any atom is 0.323 e. The van der Waals surface area contributed by atoms with E-state index in [1.807, 2.05) is 24.3 Å². The number of pyridine rings is 1. The second-order valence-electron chi connectivity index (χ2n) is 9.95. The van der Waals surface area contributed by atoms with Crippen LogP contribution in [0.1, 0.15) is 49.8 Å². The summed E-state index contributed by atoms with van der Waals surface area (Å²) in [6, 6.07) is 14.0. The van der Waals surface area contributed by atoms with Crippen LogP contribution in [0.5, 0.6) is 0 Å². The van der Waals surface area contributed by atoms with Crippen LogP contribution in [0.25, 0.3) is 10.4 Å². The van der Waals surface area contributed by atoms with Crippen LogP contribution in [0.4, 0.5) is 16.2 Å². The summed E-state index contributed by atoms with van der Waals surface area (Å²) in [4.78, 5) is 36.3. The smallest absolute Gasteiger partial charge is 0.323 e. The monoisotopic (exact) mass is 584 g/mol. The van der Waals surface area contributed by atoms with Gasteiger partial charge in [-0.25, -0.2) is 23.5 Å². The van der Waals surface area contributed by atoms with Gasteiger partial charge in [0.2, 0.25) is 5.91 Å². The zero-order valence-electron chi connectivity index (χ0n) is 21.9. The highest BCUT2D eigenvalue weighted by Gasteiger charge is 2.49. The minimum Gasteiger partial charge on any atom is -0.350 e. The molecule has 0 saturated carbocycles. The van der Waals surface area contributed by atoms with Crippen molar-refractivity contribution in [2.75, 3.05) is 23.0 Å². The van der Waals surface area contributed by atoms with Gasteiger partial charge in [0.25, 0.3) is 0 Å². The lowest BCUT2D eigenvalue weighted by molar-refractivity contribution is -0.200. The quantitative estimate of drug-likeness (QED) is 0.309. The first-order chi connectivity index (χ1) is 19.3. The summed E-state index contributed by atoms with van der Waals surface area (Å²) >= 11 is 1.35. The van der Waals surface area contributed by atoms with Crippen LogP contribution in [-0.4, -0.2) is 44.0 Å². The van der Waals surface area contributed by atoms with E-state index in [1.54, 1.807) is 36.7 Å². The van der Waals surface area contributed by atoms with Crippen molar-refractivity contribution in [3.63, 3.8) is 0 Å². The Balaban J connectivity index is 1.33. The average Bonchev–Trinajstić information content (AvgIpc) is 3.45. The maximum absolute atomic E-state index is 13.5. The van der Waals surface area contributed by atoms with Crippen molar-refractivity contribution in [3.8, 4) is 10.4 Å². The molecule has 212 valence electrons. The fourth-order valence-corrected chi connectivity index (χ4v) is 8.84. The summed E-state index contributed by atoms with van der Waals surface area (Å²) in [5.41, 5.74) is 4.41. The fraction of sp³-hybridized carbons (Fsp3) is 0.393. The molecule has 1 aromatic carbocycles. The van der Waals surface area contributed by atoms with Crippen molar-refractivity contribution in [3.05, 3.63) is 65.8 Å². The number of ether oxygens (including phenoxy) is 1. The lowest BCUT2D eigenvalue weighted by Gasteiger charge is -2.35. The molecule has 0 bridgehead atoms. The minimum absolute atomic E-state index is 0.0333. The molecule has 2 aliphatic heterocycles. The maximum atomic E-state index is 13.5. The number of sulfone groups is 1. The van der Waals surface area contributed by atoms with E-state index >= 15 is 0 Å². The number of amides is 3. The van der Waals surface area contributed by atoms with Crippen molar-refractivity contribution in [1.29, 1.82) is 0 Å². The van der Waals surface area contributed by atoms with E-state index in [0.29, 0.717) is 48.5 Å². The van der Waals surface area contributed by atoms with Crippen LogP contribution in [0.2, 0.25) is 0 Å². The molecule has 2 atom stereocenters. The number of nitrogens with one attached hydrogen (secondary N) is 3. The highest BCUT2D eigenvalue weighted by atomic mass is 32.2. The summed E-state index contributed by atoms with van der Waals surface area (Å²) in [5.74, 6) is -0.452. The van der Waals surface area contributed by atoms with E-state index in [4.69, 9.17) is 9.57 Å². The number of hydrogen-bond donors (Lipinski definition) is 3. The van der Waals surface area contributed by atoms with Gasteiger partial charge < -0.3 is 15.4 Å². The lowest BCUT2D eigenvalue weighted by atomic mass is 9.94. The number of nitrogens with zero attached hydrogens (tertiary/aromatic N) is 1. The van der Waals surface area contributed by atoms with Crippen molar-refractivity contribution >= 4 is 44.5 Å². The molecule has 2 saturated heterocycles. The Morgan fingerprint density at radius 3 is 2.67 bits per heavy atom. The number of carbonyl (C=O) groups excluding carboxylic acids is 2. The van der Waals surface area contributed by atoms with Gasteiger partial charge in [-0.3, -0.25) is 9.78 Å². The number of urea groups is 1. The molecular formula is C28H32N4O6S2. The standard InChI is InChI=1S/C28H32N4O6S2/c33-25(32-38-26-10-1-3-15-37-26)18-28(13-2-4-16-40(28,35)36)24-12-11-23(39-24)20-7-5-8-21(17-20)30-27(34)31-22-9-6-14-29-19-22/h5-9,11-12,14,17,19,26H,1-4,10,13,15-16,18H2,(H,32,33)(H2,30,31,34)/t26?,28-/m0/s1. The van der Waals surface area contributed by atoms with Gasteiger partial charge in [0, 0.05) is 34.7 Å². The largest absolute Gasteiger partial charge is 0.350 e. The minimum atomic E-state index is -3.61. The Hall–Kier alpha value is -3.32. The highest BCUT2D eigenvalue weighted by Crippen LogP contribution is 2.47. The van der Waals surface area contributed by atoms with Crippen molar-refractivity contribution in [2.45, 2.75) is 56.0 Å². The first-order valence-electron chi connectivity index (χ1n) is 13.3. The zero-order valence-corrected chi connectivity index (χ0v) is 23.6. The van der Waals surface area contributed by atoms with E-state index in [-0.39, 0.29) is 12.2 Å². The van der Waals surface area contributed by atoms with E-state index < -0.39 is 32.8 Å². The molecule has 3 aromatic rings. The molecule has 0 radical (unpaired) electrons. The summed E-state index contributed by atoms with van der Waals surface area (Å²) in [5, 5.41) is 5.54. The molecule has 4 heterocycles. The third kappa shape index (κ3) is 6.52. The number of hydrogen-bond acceptors (Lipinski definition) is 8. The molecule has 3 N–H and O–H groups in total. The van der Waals surface area contributed by atoms with Gasteiger partial charge in [-0.1, -0.05) is 18.6 Å². The molecule has 0 aliphatic carbocycles.